The van der Waals surface area contributed by atoms with Gasteiger partial charge in [-0.25, -0.2) is 0 Å². The van der Waals surface area contributed by atoms with Gasteiger partial charge < -0.3 is 14.5 Å². The van der Waals surface area contributed by atoms with Gasteiger partial charge in [-0.15, -0.1) is 0 Å². The summed E-state index contributed by atoms with van der Waals surface area (Å²) >= 11 is 0. The number of ether oxygens (including phenoxy) is 1. The smallest absolute Gasteiger partial charge is 0.123 e. The molecule has 3 rings (SSSR count). The third kappa shape index (κ3) is 2.25. The highest BCUT2D eigenvalue weighted by molar-refractivity contribution is 5.41. The molecule has 0 amide bonds. The van der Waals surface area contributed by atoms with Crippen molar-refractivity contribution >= 4 is 0 Å². The third-order valence-electron chi connectivity index (χ3n) is 4.25. The fourth-order valence-corrected chi connectivity index (χ4v) is 2.98. The summed E-state index contributed by atoms with van der Waals surface area (Å²) in [6.07, 6.45) is 0.307. The Bertz CT molecular complexity index is 413. The van der Waals surface area contributed by atoms with E-state index in [4.69, 9.17) is 4.74 Å². The Morgan fingerprint density at radius 3 is 2.67 bits per heavy atom. The van der Waals surface area contributed by atoms with Gasteiger partial charge in [-0.05, 0) is 20.0 Å². The van der Waals surface area contributed by atoms with E-state index in [-0.39, 0.29) is 0 Å². The van der Waals surface area contributed by atoms with Gasteiger partial charge in [0.25, 0.3) is 0 Å². The normalized spacial score (nSPS) is 29.0. The van der Waals surface area contributed by atoms with Gasteiger partial charge in [0.2, 0.25) is 0 Å². The van der Waals surface area contributed by atoms with Crippen LogP contribution in [-0.2, 0) is 0 Å². The van der Waals surface area contributed by atoms with Gasteiger partial charge in [0, 0.05) is 44.2 Å². The van der Waals surface area contributed by atoms with Crippen LogP contribution < -0.4 is 4.74 Å². The van der Waals surface area contributed by atoms with Crippen LogP contribution in [0.5, 0.6) is 5.75 Å². The molecule has 3 heteroatoms. The van der Waals surface area contributed by atoms with Crippen LogP contribution >= 0.6 is 0 Å². The van der Waals surface area contributed by atoms with Gasteiger partial charge >= 0.3 is 0 Å². The summed E-state index contributed by atoms with van der Waals surface area (Å²) in [5.41, 5.74) is 1.39. The van der Waals surface area contributed by atoms with Crippen molar-refractivity contribution in [3.05, 3.63) is 29.8 Å². The van der Waals surface area contributed by atoms with Crippen molar-refractivity contribution < 1.29 is 4.74 Å². The topological polar surface area (TPSA) is 15.7 Å². The number of hydrogen-bond donors (Lipinski definition) is 0. The number of benzene rings is 1. The van der Waals surface area contributed by atoms with Gasteiger partial charge in [0.15, 0.2) is 0 Å². The fourth-order valence-electron chi connectivity index (χ4n) is 2.98. The number of fused-ring (bicyclic) bond motifs is 1. The minimum atomic E-state index is 0.307. The molecule has 98 valence electrons. The summed E-state index contributed by atoms with van der Waals surface area (Å²) in [6.45, 7) is 8.06. The maximum Gasteiger partial charge on any atom is 0.123 e. The van der Waals surface area contributed by atoms with Crippen LogP contribution in [0.1, 0.15) is 18.4 Å². The highest BCUT2D eigenvalue weighted by Gasteiger charge is 2.32. The first kappa shape index (κ1) is 12.0. The molecule has 0 spiro atoms. The molecule has 0 radical (unpaired) electrons. The molecule has 1 saturated heterocycles. The third-order valence-corrected chi connectivity index (χ3v) is 4.25. The van der Waals surface area contributed by atoms with Crippen LogP contribution in [0.15, 0.2) is 24.3 Å². The molecule has 0 saturated carbocycles. The van der Waals surface area contributed by atoms with E-state index in [1.165, 1.54) is 31.7 Å². The molecule has 2 heterocycles. The van der Waals surface area contributed by atoms with Crippen molar-refractivity contribution in [1.29, 1.82) is 0 Å². The number of hydrogen-bond acceptors (Lipinski definition) is 3. The molecule has 0 N–H and O–H groups in total. The van der Waals surface area contributed by atoms with Crippen molar-refractivity contribution in [3.63, 3.8) is 0 Å². The first-order valence-electron chi connectivity index (χ1n) is 6.90. The molecule has 18 heavy (non-hydrogen) atoms. The zero-order chi connectivity index (χ0) is 12.5. The summed E-state index contributed by atoms with van der Waals surface area (Å²) in [6, 6.07) is 8.50. The van der Waals surface area contributed by atoms with Crippen LogP contribution in [-0.4, -0.2) is 55.7 Å². The number of piperazine rings is 1. The van der Waals surface area contributed by atoms with Gasteiger partial charge in [0.1, 0.15) is 11.9 Å². The SMILES string of the molecule is CC1Oc2ccccc2C1CN1CCN(C)CC1. The largest absolute Gasteiger partial charge is 0.490 e. The van der Waals surface area contributed by atoms with E-state index in [1.807, 2.05) is 0 Å². The maximum absolute atomic E-state index is 5.94. The molecular formula is C15H22N2O. The number of para-hydroxylation sites is 1. The van der Waals surface area contributed by atoms with E-state index < -0.39 is 0 Å². The quantitative estimate of drug-likeness (QED) is 0.791. The van der Waals surface area contributed by atoms with Crippen LogP contribution in [0.25, 0.3) is 0 Å². The molecule has 2 aliphatic rings. The van der Waals surface area contributed by atoms with Crippen molar-refractivity contribution in [2.24, 2.45) is 0 Å². The lowest BCUT2D eigenvalue weighted by atomic mass is 9.95. The standard InChI is InChI=1S/C15H22N2O/c1-12-14(11-17-9-7-16(2)8-10-17)13-5-3-4-6-15(13)18-12/h3-6,12,14H,7-11H2,1-2H3. The predicted molar refractivity (Wildman–Crippen MR) is 73.2 cm³/mol. The Labute approximate surface area is 109 Å². The second-order valence-corrected chi connectivity index (χ2v) is 5.57. The molecule has 1 aromatic carbocycles. The van der Waals surface area contributed by atoms with E-state index in [2.05, 4.69) is 48.0 Å². The first-order valence-corrected chi connectivity index (χ1v) is 6.90. The second kappa shape index (κ2) is 4.90. The van der Waals surface area contributed by atoms with Crippen LogP contribution in [0.2, 0.25) is 0 Å². The average Bonchev–Trinajstić information content (AvgIpc) is 2.69. The zero-order valence-electron chi connectivity index (χ0n) is 11.3. The van der Waals surface area contributed by atoms with Crippen LogP contribution in [0.4, 0.5) is 0 Å². The number of likely N-dealkylation sites (N-methyl/N-ethyl adjacent to an activating group) is 1. The van der Waals surface area contributed by atoms with Crippen LogP contribution in [0, 0.1) is 0 Å². The second-order valence-electron chi connectivity index (χ2n) is 5.57. The molecule has 2 unspecified atom stereocenters. The summed E-state index contributed by atoms with van der Waals surface area (Å²) in [7, 11) is 2.20. The predicted octanol–water partition coefficient (Wildman–Crippen LogP) is 1.80. The van der Waals surface area contributed by atoms with Crippen molar-refractivity contribution in [1.82, 2.24) is 9.80 Å². The molecule has 0 aliphatic carbocycles. The molecule has 1 aromatic rings. The average molecular weight is 246 g/mol. The van der Waals surface area contributed by atoms with Gasteiger partial charge in [0.05, 0.1) is 0 Å². The Morgan fingerprint density at radius 2 is 1.89 bits per heavy atom. The number of nitrogens with zero attached hydrogens (tertiary/aromatic N) is 2. The van der Waals surface area contributed by atoms with Gasteiger partial charge in [-0.2, -0.15) is 0 Å². The van der Waals surface area contributed by atoms with E-state index >= 15 is 0 Å². The Hall–Kier alpha value is -1.06. The van der Waals surface area contributed by atoms with Gasteiger partial charge in [-0.3, -0.25) is 0 Å². The molecule has 1 fully saturated rings. The van der Waals surface area contributed by atoms with Crippen molar-refractivity contribution in [2.45, 2.75) is 18.9 Å². The Kier molecular flexibility index (Phi) is 3.27. The molecule has 2 atom stereocenters. The fraction of sp³-hybridized carbons (Fsp3) is 0.600. The summed E-state index contributed by atoms with van der Waals surface area (Å²) < 4.78 is 5.94. The lowest BCUT2D eigenvalue weighted by Crippen LogP contribution is -2.46. The molecule has 3 nitrogen and oxygen atoms in total. The molecule has 0 bridgehead atoms. The van der Waals surface area contributed by atoms with E-state index in [1.54, 1.807) is 0 Å². The first-order chi connectivity index (χ1) is 8.74. The van der Waals surface area contributed by atoms with Crippen LogP contribution in [0.3, 0.4) is 0 Å². The maximum atomic E-state index is 5.94. The summed E-state index contributed by atoms with van der Waals surface area (Å²) in [5.74, 6) is 1.62. The minimum Gasteiger partial charge on any atom is -0.490 e. The monoisotopic (exact) mass is 246 g/mol. The molecule has 0 aromatic heterocycles. The summed E-state index contributed by atoms with van der Waals surface area (Å²) in [4.78, 5) is 4.98. The minimum absolute atomic E-state index is 0.307. The Balaban J connectivity index is 1.69. The molecular weight excluding hydrogens is 224 g/mol. The summed E-state index contributed by atoms with van der Waals surface area (Å²) in [5, 5.41) is 0. The lowest BCUT2D eigenvalue weighted by molar-refractivity contribution is 0.127. The highest BCUT2D eigenvalue weighted by atomic mass is 16.5. The van der Waals surface area contributed by atoms with Crippen molar-refractivity contribution in [2.75, 3.05) is 39.8 Å². The van der Waals surface area contributed by atoms with E-state index in [0.717, 1.165) is 12.3 Å². The lowest BCUT2D eigenvalue weighted by Gasteiger charge is -2.34. The van der Waals surface area contributed by atoms with Gasteiger partial charge in [-0.1, -0.05) is 18.2 Å². The highest BCUT2D eigenvalue weighted by Crippen LogP contribution is 2.38. The molecule has 2 aliphatic heterocycles. The van der Waals surface area contributed by atoms with Crippen molar-refractivity contribution in [3.8, 4) is 5.75 Å². The van der Waals surface area contributed by atoms with E-state index in [0.29, 0.717) is 12.0 Å². The van der Waals surface area contributed by atoms with E-state index in [9.17, 15) is 0 Å². The zero-order valence-corrected chi connectivity index (χ0v) is 11.3. The number of rotatable bonds is 2. The Morgan fingerprint density at radius 1 is 1.17 bits per heavy atom.